The van der Waals surface area contributed by atoms with Crippen molar-refractivity contribution in [1.29, 1.82) is 0 Å². The average Bonchev–Trinajstić information content (AvgIpc) is 3.03. The second-order valence-electron chi connectivity index (χ2n) is 5.44. The van der Waals surface area contributed by atoms with Crippen molar-refractivity contribution in [3.8, 4) is 11.5 Å². The molecule has 1 aliphatic heterocycles. The van der Waals surface area contributed by atoms with Gasteiger partial charge in [0.15, 0.2) is 18.1 Å². The van der Waals surface area contributed by atoms with E-state index in [0.29, 0.717) is 22.7 Å². The van der Waals surface area contributed by atoms with E-state index in [-0.39, 0.29) is 13.4 Å². The molecule has 0 fully saturated rings. The lowest BCUT2D eigenvalue weighted by molar-refractivity contribution is -0.119. The van der Waals surface area contributed by atoms with Gasteiger partial charge in [-0.25, -0.2) is 4.79 Å². The summed E-state index contributed by atoms with van der Waals surface area (Å²) in [5, 5.41) is 2.65. The fourth-order valence-corrected chi connectivity index (χ4v) is 2.35. The van der Waals surface area contributed by atoms with Crippen LogP contribution in [0.4, 0.5) is 5.69 Å². The normalized spacial score (nSPS) is 11.9. The van der Waals surface area contributed by atoms with Crippen LogP contribution in [0.25, 0.3) is 0 Å². The van der Waals surface area contributed by atoms with Crippen LogP contribution in [0.3, 0.4) is 0 Å². The van der Waals surface area contributed by atoms with Crippen LogP contribution in [-0.4, -0.2) is 25.3 Å². The van der Waals surface area contributed by atoms with Crippen molar-refractivity contribution in [2.45, 2.75) is 13.8 Å². The Morgan fingerprint density at radius 2 is 1.92 bits per heavy atom. The van der Waals surface area contributed by atoms with Crippen molar-refractivity contribution in [3.63, 3.8) is 0 Å². The summed E-state index contributed by atoms with van der Waals surface area (Å²) in [6, 6.07) is 10.4. The zero-order chi connectivity index (χ0) is 17.1. The van der Waals surface area contributed by atoms with Gasteiger partial charge in [0.25, 0.3) is 5.91 Å². The first kappa shape index (κ1) is 15.9. The van der Waals surface area contributed by atoms with E-state index < -0.39 is 11.9 Å². The number of benzene rings is 2. The lowest BCUT2D eigenvalue weighted by Gasteiger charge is -2.09. The van der Waals surface area contributed by atoms with Gasteiger partial charge in [-0.15, -0.1) is 0 Å². The molecule has 1 amide bonds. The molecule has 0 atom stereocenters. The van der Waals surface area contributed by atoms with Crippen LogP contribution in [-0.2, 0) is 9.53 Å². The van der Waals surface area contributed by atoms with Crippen molar-refractivity contribution in [1.82, 2.24) is 0 Å². The molecule has 2 aromatic rings. The highest BCUT2D eigenvalue weighted by Gasteiger charge is 2.16. The summed E-state index contributed by atoms with van der Waals surface area (Å²) in [6.07, 6.45) is 0. The number of rotatable bonds is 4. The Kier molecular flexibility index (Phi) is 4.37. The molecule has 1 aliphatic rings. The van der Waals surface area contributed by atoms with Crippen molar-refractivity contribution >= 4 is 17.6 Å². The summed E-state index contributed by atoms with van der Waals surface area (Å²) in [7, 11) is 0. The highest BCUT2D eigenvalue weighted by molar-refractivity contribution is 5.96. The van der Waals surface area contributed by atoms with Crippen LogP contribution in [0.1, 0.15) is 21.5 Å². The fraction of sp³-hybridized carbons (Fsp3) is 0.222. The van der Waals surface area contributed by atoms with Gasteiger partial charge in [-0.05, 0) is 43.2 Å². The summed E-state index contributed by atoms with van der Waals surface area (Å²) in [5.41, 5.74) is 2.85. The molecule has 0 saturated carbocycles. The van der Waals surface area contributed by atoms with E-state index in [2.05, 4.69) is 5.32 Å². The topological polar surface area (TPSA) is 73.9 Å². The highest BCUT2D eigenvalue weighted by atomic mass is 16.7. The van der Waals surface area contributed by atoms with Crippen LogP contribution in [0, 0.1) is 13.8 Å². The van der Waals surface area contributed by atoms with E-state index in [1.165, 1.54) is 0 Å². The molecule has 0 aromatic heterocycles. The Morgan fingerprint density at radius 3 is 2.75 bits per heavy atom. The lowest BCUT2D eigenvalue weighted by atomic mass is 10.0. The first-order valence-corrected chi connectivity index (χ1v) is 7.47. The zero-order valence-corrected chi connectivity index (χ0v) is 13.4. The molecule has 0 radical (unpaired) electrons. The summed E-state index contributed by atoms with van der Waals surface area (Å²) < 4.78 is 15.5. The third kappa shape index (κ3) is 3.32. The molecule has 0 unspecified atom stereocenters. The Morgan fingerprint density at radius 1 is 1.12 bits per heavy atom. The second-order valence-corrected chi connectivity index (χ2v) is 5.44. The Bertz CT molecular complexity index is 800. The third-order valence-electron chi connectivity index (χ3n) is 3.82. The predicted octanol–water partition coefficient (Wildman–Crippen LogP) is 2.83. The maximum absolute atomic E-state index is 12.1. The van der Waals surface area contributed by atoms with Crippen molar-refractivity contribution in [2.24, 2.45) is 0 Å². The summed E-state index contributed by atoms with van der Waals surface area (Å²) in [4.78, 5) is 24.0. The number of fused-ring (bicyclic) bond motifs is 1. The SMILES string of the molecule is Cc1cccc(C(=O)OCC(=O)Nc2ccc3c(c2)OCO3)c1C. The first-order valence-electron chi connectivity index (χ1n) is 7.47. The van der Waals surface area contributed by atoms with Crippen molar-refractivity contribution < 1.29 is 23.8 Å². The highest BCUT2D eigenvalue weighted by Crippen LogP contribution is 2.34. The largest absolute Gasteiger partial charge is 0.454 e. The quantitative estimate of drug-likeness (QED) is 0.874. The zero-order valence-electron chi connectivity index (χ0n) is 13.4. The van der Waals surface area contributed by atoms with Gasteiger partial charge in [0.1, 0.15) is 0 Å². The van der Waals surface area contributed by atoms with E-state index in [9.17, 15) is 9.59 Å². The number of carbonyl (C=O) groups excluding carboxylic acids is 2. The second kappa shape index (κ2) is 6.62. The average molecular weight is 327 g/mol. The van der Waals surface area contributed by atoms with E-state index in [1.54, 1.807) is 30.3 Å². The number of esters is 1. The summed E-state index contributed by atoms with van der Waals surface area (Å²) in [6.45, 7) is 3.57. The van der Waals surface area contributed by atoms with Crippen LogP contribution in [0.5, 0.6) is 11.5 Å². The van der Waals surface area contributed by atoms with Crippen molar-refractivity contribution in [2.75, 3.05) is 18.7 Å². The minimum absolute atomic E-state index is 0.167. The van der Waals surface area contributed by atoms with E-state index in [4.69, 9.17) is 14.2 Å². The molecule has 1 heterocycles. The number of aryl methyl sites for hydroxylation is 1. The first-order chi connectivity index (χ1) is 11.5. The lowest BCUT2D eigenvalue weighted by Crippen LogP contribution is -2.21. The number of hydrogen-bond acceptors (Lipinski definition) is 5. The van der Waals surface area contributed by atoms with Crippen molar-refractivity contribution in [3.05, 3.63) is 53.1 Å². The van der Waals surface area contributed by atoms with E-state index in [0.717, 1.165) is 11.1 Å². The molecule has 24 heavy (non-hydrogen) atoms. The van der Waals surface area contributed by atoms with Gasteiger partial charge in [0.2, 0.25) is 6.79 Å². The monoisotopic (exact) mass is 327 g/mol. The Balaban J connectivity index is 1.57. The molecule has 0 saturated heterocycles. The minimum Gasteiger partial charge on any atom is -0.454 e. The third-order valence-corrected chi connectivity index (χ3v) is 3.82. The molecule has 0 bridgehead atoms. The van der Waals surface area contributed by atoms with Gasteiger partial charge in [0.05, 0.1) is 5.56 Å². The fourth-order valence-electron chi connectivity index (χ4n) is 2.35. The van der Waals surface area contributed by atoms with Gasteiger partial charge in [-0.1, -0.05) is 12.1 Å². The smallest absolute Gasteiger partial charge is 0.338 e. The van der Waals surface area contributed by atoms with Gasteiger partial charge in [-0.2, -0.15) is 0 Å². The van der Waals surface area contributed by atoms with Gasteiger partial charge in [0, 0.05) is 11.8 Å². The molecule has 3 rings (SSSR count). The van der Waals surface area contributed by atoms with Gasteiger partial charge < -0.3 is 19.5 Å². The Labute approximate surface area is 139 Å². The molecule has 6 nitrogen and oxygen atoms in total. The number of ether oxygens (including phenoxy) is 3. The maximum Gasteiger partial charge on any atom is 0.338 e. The number of anilines is 1. The van der Waals surface area contributed by atoms with Crippen LogP contribution < -0.4 is 14.8 Å². The van der Waals surface area contributed by atoms with E-state index in [1.807, 2.05) is 19.9 Å². The molecule has 0 aliphatic carbocycles. The predicted molar refractivity (Wildman–Crippen MR) is 87.4 cm³/mol. The van der Waals surface area contributed by atoms with Crippen LogP contribution >= 0.6 is 0 Å². The summed E-state index contributed by atoms with van der Waals surface area (Å²) >= 11 is 0. The number of carbonyl (C=O) groups is 2. The molecular weight excluding hydrogens is 310 g/mol. The van der Waals surface area contributed by atoms with Gasteiger partial charge >= 0.3 is 5.97 Å². The minimum atomic E-state index is -0.517. The molecule has 0 spiro atoms. The summed E-state index contributed by atoms with van der Waals surface area (Å²) in [5.74, 6) is 0.263. The van der Waals surface area contributed by atoms with Crippen LogP contribution in [0.2, 0.25) is 0 Å². The van der Waals surface area contributed by atoms with Gasteiger partial charge in [-0.3, -0.25) is 4.79 Å². The molecule has 2 aromatic carbocycles. The maximum atomic E-state index is 12.1. The number of amides is 1. The number of hydrogen-bond donors (Lipinski definition) is 1. The number of nitrogens with one attached hydrogen (secondary N) is 1. The standard InChI is InChI=1S/C18H17NO5/c1-11-4-3-5-14(12(11)2)18(21)22-9-17(20)19-13-6-7-15-16(8-13)24-10-23-15/h3-8H,9-10H2,1-2H3,(H,19,20). The molecule has 1 N–H and O–H groups in total. The molecule has 6 heteroatoms. The van der Waals surface area contributed by atoms with Crippen LogP contribution in [0.15, 0.2) is 36.4 Å². The van der Waals surface area contributed by atoms with E-state index >= 15 is 0 Å². The molecule has 124 valence electrons. The molecular formula is C18H17NO5. The Hall–Kier alpha value is -3.02.